The number of nitrogens with zero attached hydrogens (tertiary/aromatic N) is 1. The van der Waals surface area contributed by atoms with Crippen LogP contribution >= 0.6 is 0 Å². The molecule has 1 aliphatic carbocycles. The lowest BCUT2D eigenvalue weighted by Gasteiger charge is -2.63. The van der Waals surface area contributed by atoms with Crippen LogP contribution in [-0.2, 0) is 0 Å². The molecular formula is C26H31FN2O2. The summed E-state index contributed by atoms with van der Waals surface area (Å²) < 4.78 is 20.6. The number of halogens is 1. The van der Waals surface area contributed by atoms with Gasteiger partial charge in [0, 0.05) is 28.0 Å². The average molecular weight is 423 g/mol. The Balaban J connectivity index is 1.77. The Morgan fingerprint density at radius 3 is 2.19 bits per heavy atom. The summed E-state index contributed by atoms with van der Waals surface area (Å²) in [5, 5.41) is 12.2. The Labute approximate surface area is 184 Å². The number of carbonyl (C=O) groups excluding carboxylic acids is 1. The molecule has 164 valence electrons. The predicted octanol–water partition coefficient (Wildman–Crippen LogP) is 5.74. The minimum atomic E-state index is -0.551. The highest BCUT2D eigenvalue weighted by molar-refractivity contribution is 5.94. The zero-order valence-electron chi connectivity index (χ0n) is 19.3. The number of nitrogens with one attached hydrogen (secondary N) is 1. The van der Waals surface area contributed by atoms with E-state index in [0.717, 1.165) is 0 Å². The Morgan fingerprint density at radius 2 is 1.68 bits per heavy atom. The summed E-state index contributed by atoms with van der Waals surface area (Å²) in [5.74, 6) is 0.178. The third-order valence-electron chi connectivity index (χ3n) is 6.66. The molecule has 1 N–H and O–H groups in total. The monoisotopic (exact) mass is 422 g/mol. The van der Waals surface area contributed by atoms with Crippen molar-refractivity contribution in [2.45, 2.75) is 66.5 Å². The van der Waals surface area contributed by atoms with Gasteiger partial charge in [0.25, 0.3) is 5.91 Å². The van der Waals surface area contributed by atoms with E-state index in [-0.39, 0.29) is 34.4 Å². The normalized spacial score (nSPS) is 21.2. The Morgan fingerprint density at radius 1 is 1.10 bits per heavy atom. The second kappa shape index (κ2) is 8.00. The second-order valence-corrected chi connectivity index (χ2v) is 9.99. The van der Waals surface area contributed by atoms with Gasteiger partial charge in [-0.25, -0.2) is 4.39 Å². The lowest BCUT2D eigenvalue weighted by Crippen LogP contribution is -2.74. The van der Waals surface area contributed by atoms with Crippen LogP contribution in [0.5, 0.6) is 5.75 Å². The van der Waals surface area contributed by atoms with Gasteiger partial charge in [-0.05, 0) is 42.7 Å². The van der Waals surface area contributed by atoms with E-state index in [9.17, 15) is 9.18 Å². The Hall–Kier alpha value is -2.87. The molecule has 0 heterocycles. The van der Waals surface area contributed by atoms with Gasteiger partial charge in [0.05, 0.1) is 5.56 Å². The van der Waals surface area contributed by atoms with Gasteiger partial charge in [0.2, 0.25) is 0 Å². The maximum absolute atomic E-state index is 14.4. The van der Waals surface area contributed by atoms with E-state index in [0.29, 0.717) is 22.8 Å². The summed E-state index contributed by atoms with van der Waals surface area (Å²) in [5.41, 5.74) is 1.42. The highest BCUT2D eigenvalue weighted by Gasteiger charge is 2.64. The minimum absolute atomic E-state index is 0.00519. The van der Waals surface area contributed by atoms with Gasteiger partial charge in [-0.2, -0.15) is 5.26 Å². The molecule has 0 bridgehead atoms. The fourth-order valence-corrected chi connectivity index (χ4v) is 5.04. The first kappa shape index (κ1) is 22.8. The van der Waals surface area contributed by atoms with E-state index in [1.807, 2.05) is 58.0 Å². The SMILES string of the molecule is Cc1c(OC2C(C)(C)C(NC(=O)c3ccc(C(C)C)cc3)C2(C)C)ccc(C#N)c1F. The molecule has 1 fully saturated rings. The molecule has 2 aromatic carbocycles. The van der Waals surface area contributed by atoms with Gasteiger partial charge in [0.15, 0.2) is 0 Å². The van der Waals surface area contributed by atoms with Gasteiger partial charge in [0.1, 0.15) is 23.7 Å². The highest BCUT2D eigenvalue weighted by atomic mass is 19.1. The molecule has 5 heteroatoms. The summed E-state index contributed by atoms with van der Waals surface area (Å²) in [4.78, 5) is 12.9. The van der Waals surface area contributed by atoms with Crippen molar-refractivity contribution in [1.82, 2.24) is 5.32 Å². The zero-order chi connectivity index (χ0) is 23.1. The molecule has 4 nitrogen and oxygen atoms in total. The predicted molar refractivity (Wildman–Crippen MR) is 120 cm³/mol. The first-order valence-electron chi connectivity index (χ1n) is 10.7. The first-order valence-corrected chi connectivity index (χ1v) is 10.7. The van der Waals surface area contributed by atoms with E-state index in [1.54, 1.807) is 13.0 Å². The third-order valence-corrected chi connectivity index (χ3v) is 6.66. The van der Waals surface area contributed by atoms with Crippen molar-refractivity contribution >= 4 is 5.91 Å². The molecule has 0 aliphatic heterocycles. The molecule has 31 heavy (non-hydrogen) atoms. The van der Waals surface area contributed by atoms with Crippen LogP contribution in [-0.4, -0.2) is 18.1 Å². The van der Waals surface area contributed by atoms with Crippen LogP contribution in [0.1, 0.15) is 74.5 Å². The third kappa shape index (κ3) is 3.92. The van der Waals surface area contributed by atoms with Crippen LogP contribution in [0.2, 0.25) is 0 Å². The molecule has 0 radical (unpaired) electrons. The lowest BCUT2D eigenvalue weighted by molar-refractivity contribution is -0.164. The number of carbonyl (C=O) groups is 1. The van der Waals surface area contributed by atoms with Crippen LogP contribution in [0.25, 0.3) is 0 Å². The number of hydrogen-bond donors (Lipinski definition) is 1. The Kier molecular flexibility index (Phi) is 5.88. The first-order chi connectivity index (χ1) is 14.4. The zero-order valence-corrected chi connectivity index (χ0v) is 19.3. The van der Waals surface area contributed by atoms with Crippen LogP contribution in [0.15, 0.2) is 36.4 Å². The van der Waals surface area contributed by atoms with Crippen molar-refractivity contribution in [3.05, 3.63) is 64.5 Å². The van der Waals surface area contributed by atoms with Crippen molar-refractivity contribution < 1.29 is 13.9 Å². The van der Waals surface area contributed by atoms with Crippen molar-refractivity contribution in [2.24, 2.45) is 10.8 Å². The van der Waals surface area contributed by atoms with Crippen LogP contribution in [0.4, 0.5) is 4.39 Å². The molecule has 1 saturated carbocycles. The average Bonchev–Trinajstić information content (AvgIpc) is 2.72. The van der Waals surface area contributed by atoms with Crippen molar-refractivity contribution in [1.29, 1.82) is 5.26 Å². The van der Waals surface area contributed by atoms with Crippen LogP contribution in [0, 0.1) is 34.9 Å². The number of ether oxygens (including phenoxy) is 1. The maximum Gasteiger partial charge on any atom is 0.251 e. The smallest absolute Gasteiger partial charge is 0.251 e. The van der Waals surface area contributed by atoms with Gasteiger partial charge < -0.3 is 10.1 Å². The molecule has 0 spiro atoms. The largest absolute Gasteiger partial charge is 0.489 e. The Bertz CT molecular complexity index is 1020. The van der Waals surface area contributed by atoms with E-state index in [2.05, 4.69) is 19.2 Å². The molecule has 0 unspecified atom stereocenters. The van der Waals surface area contributed by atoms with Crippen molar-refractivity contribution in [3.8, 4) is 11.8 Å². The molecule has 3 rings (SSSR count). The number of benzene rings is 2. The summed E-state index contributed by atoms with van der Waals surface area (Å²) in [6.45, 7) is 14.0. The van der Waals surface area contributed by atoms with Gasteiger partial charge in [-0.1, -0.05) is 53.7 Å². The standard InChI is InChI=1S/C26H31FN2O2/c1-15(2)17-8-10-18(11-9-17)22(30)29-23-25(4,5)24(26(23,6)7)31-20-13-12-19(14-28)21(27)16(20)3/h8-13,15,23-24H,1-7H3,(H,29,30). The van der Waals surface area contributed by atoms with Gasteiger partial charge in [-0.3, -0.25) is 4.79 Å². The molecule has 2 aromatic rings. The topological polar surface area (TPSA) is 62.1 Å². The van der Waals surface area contributed by atoms with Gasteiger partial charge >= 0.3 is 0 Å². The lowest BCUT2D eigenvalue weighted by atomic mass is 9.49. The number of amides is 1. The molecular weight excluding hydrogens is 391 g/mol. The highest BCUT2D eigenvalue weighted by Crippen LogP contribution is 2.55. The van der Waals surface area contributed by atoms with E-state index in [1.165, 1.54) is 11.6 Å². The minimum Gasteiger partial charge on any atom is -0.489 e. The van der Waals surface area contributed by atoms with Crippen molar-refractivity contribution in [3.63, 3.8) is 0 Å². The van der Waals surface area contributed by atoms with E-state index < -0.39 is 5.82 Å². The molecule has 1 aliphatic rings. The summed E-state index contributed by atoms with van der Waals surface area (Å²) in [7, 11) is 0. The maximum atomic E-state index is 14.4. The molecule has 1 amide bonds. The summed E-state index contributed by atoms with van der Waals surface area (Å²) in [6.07, 6.45) is -0.236. The summed E-state index contributed by atoms with van der Waals surface area (Å²) in [6, 6.07) is 12.5. The van der Waals surface area contributed by atoms with E-state index >= 15 is 0 Å². The van der Waals surface area contributed by atoms with Crippen molar-refractivity contribution in [2.75, 3.05) is 0 Å². The quantitative estimate of drug-likeness (QED) is 0.668. The molecule has 0 saturated heterocycles. The van der Waals surface area contributed by atoms with Crippen LogP contribution < -0.4 is 10.1 Å². The fourth-order valence-electron chi connectivity index (χ4n) is 5.04. The summed E-state index contributed by atoms with van der Waals surface area (Å²) >= 11 is 0. The number of hydrogen-bond acceptors (Lipinski definition) is 3. The number of rotatable bonds is 5. The second-order valence-electron chi connectivity index (χ2n) is 9.99. The van der Waals surface area contributed by atoms with Gasteiger partial charge in [-0.15, -0.1) is 0 Å². The number of nitriles is 1. The van der Waals surface area contributed by atoms with Crippen LogP contribution in [0.3, 0.4) is 0 Å². The van der Waals surface area contributed by atoms with E-state index in [4.69, 9.17) is 10.00 Å². The molecule has 0 aromatic heterocycles. The molecule has 0 atom stereocenters. The fraction of sp³-hybridized carbons (Fsp3) is 0.462.